The number of nitrogen functional groups attached to an aromatic ring is 1. The average Bonchev–Trinajstić information content (AvgIpc) is 3.59. The lowest BCUT2D eigenvalue weighted by Gasteiger charge is -2.17. The highest BCUT2D eigenvalue weighted by Gasteiger charge is 2.23. The van der Waals surface area contributed by atoms with Gasteiger partial charge in [-0.1, -0.05) is 0 Å². The maximum atomic E-state index is 6.41. The van der Waals surface area contributed by atoms with Gasteiger partial charge in [-0.05, 0) is 94.9 Å². The zero-order chi connectivity index (χ0) is 23.8. The molecular formula is C20H24Br2N10S2. The molecule has 180 valence electrons. The molecule has 0 spiro atoms. The normalized spacial score (nSPS) is 16.1. The van der Waals surface area contributed by atoms with Crippen LogP contribution in [0.2, 0.25) is 0 Å². The first-order valence-corrected chi connectivity index (χ1v) is 14.3. The maximum absolute atomic E-state index is 6.41. The topological polar surface area (TPSA) is 115 Å². The third-order valence-corrected chi connectivity index (χ3v) is 10.1. The molecule has 0 aromatic carbocycles. The highest BCUT2D eigenvalue weighted by Crippen LogP contribution is 2.37. The highest BCUT2D eigenvalue weighted by atomic mass is 79.9. The predicted molar refractivity (Wildman–Crippen MR) is 140 cm³/mol. The van der Waals surface area contributed by atoms with Crippen LogP contribution in [0.25, 0.3) is 0 Å². The van der Waals surface area contributed by atoms with Gasteiger partial charge in [0.2, 0.25) is 22.2 Å². The Hall–Kier alpha value is -1.64. The van der Waals surface area contributed by atoms with E-state index < -0.39 is 0 Å². The Balaban J connectivity index is 1.40. The van der Waals surface area contributed by atoms with Gasteiger partial charge in [-0.2, -0.15) is 0 Å². The van der Waals surface area contributed by atoms with Crippen molar-refractivity contribution in [3.8, 4) is 0 Å². The zero-order valence-corrected chi connectivity index (χ0v) is 23.6. The fourth-order valence-corrected chi connectivity index (χ4v) is 6.37. The summed E-state index contributed by atoms with van der Waals surface area (Å²) in [5, 5.41) is 11.2. The molecule has 0 atom stereocenters. The summed E-state index contributed by atoms with van der Waals surface area (Å²) in [6.45, 7) is 7.85. The molecule has 2 fully saturated rings. The van der Waals surface area contributed by atoms with Gasteiger partial charge < -0.3 is 15.6 Å². The monoisotopic (exact) mass is 626 g/mol. The predicted octanol–water partition coefficient (Wildman–Crippen LogP) is 4.22. The number of hydrogen-bond donors (Lipinski definition) is 1. The number of nitrogens with two attached hydrogens (primary N) is 1. The fraction of sp³-hybridized carbons (Fsp3) is 0.500. The lowest BCUT2D eigenvalue weighted by atomic mass is 10.4. The molecule has 14 heteroatoms. The van der Waals surface area contributed by atoms with Crippen LogP contribution in [-0.2, 0) is 0 Å². The molecule has 5 rings (SSSR count). The van der Waals surface area contributed by atoms with E-state index >= 15 is 0 Å². The first-order valence-electron chi connectivity index (χ1n) is 11.0. The SMILES string of the molecule is Cc1nc(N2CCCC2)nc(Sc2nnc(Sc3nc(N4CCCC4)nc(C)c3Br)n2N)c1Br. The zero-order valence-electron chi connectivity index (χ0n) is 18.8. The molecule has 2 aliphatic heterocycles. The number of halogens is 2. The van der Waals surface area contributed by atoms with Gasteiger partial charge in [0.15, 0.2) is 0 Å². The van der Waals surface area contributed by atoms with Gasteiger partial charge in [-0.25, -0.2) is 24.6 Å². The molecule has 0 radical (unpaired) electrons. The molecule has 2 aliphatic rings. The average molecular weight is 628 g/mol. The minimum Gasteiger partial charge on any atom is -0.341 e. The lowest BCUT2D eigenvalue weighted by Crippen LogP contribution is -2.21. The second kappa shape index (κ2) is 10.2. The Labute approximate surface area is 223 Å². The summed E-state index contributed by atoms with van der Waals surface area (Å²) < 4.78 is 3.15. The second-order valence-corrected chi connectivity index (χ2v) is 11.7. The Bertz CT molecular complexity index is 1120. The number of hydrogen-bond acceptors (Lipinski definition) is 11. The van der Waals surface area contributed by atoms with E-state index in [2.05, 4.69) is 61.8 Å². The third-order valence-electron chi connectivity index (χ3n) is 5.74. The standard InChI is InChI=1S/C20H24Br2N10S2/c1-11-13(21)15(26-17(24-11)30-7-3-4-8-30)33-19-28-29-20(32(19)23)34-16-14(22)12(2)25-18(27-16)31-9-5-6-10-31/h3-10,23H2,1-2H3. The van der Waals surface area contributed by atoms with E-state index in [-0.39, 0.29) is 0 Å². The Kier molecular flexibility index (Phi) is 7.19. The van der Waals surface area contributed by atoms with Crippen molar-refractivity contribution in [1.82, 2.24) is 34.8 Å². The number of nitrogens with zero attached hydrogens (tertiary/aromatic N) is 9. The summed E-state index contributed by atoms with van der Waals surface area (Å²) in [6, 6.07) is 0. The van der Waals surface area contributed by atoms with E-state index in [9.17, 15) is 0 Å². The fourth-order valence-electron chi connectivity index (χ4n) is 3.87. The van der Waals surface area contributed by atoms with Crippen molar-refractivity contribution in [2.45, 2.75) is 59.9 Å². The van der Waals surface area contributed by atoms with Crippen LogP contribution in [0.4, 0.5) is 11.9 Å². The number of aryl methyl sites for hydroxylation is 2. The molecule has 0 bridgehead atoms. The Morgan fingerprint density at radius 1 is 0.676 bits per heavy atom. The van der Waals surface area contributed by atoms with Crippen molar-refractivity contribution >= 4 is 67.3 Å². The second-order valence-electron chi connectivity index (χ2n) is 8.18. The van der Waals surface area contributed by atoms with Gasteiger partial charge in [-0.15, -0.1) is 10.2 Å². The summed E-state index contributed by atoms with van der Waals surface area (Å²) in [7, 11) is 0. The quantitative estimate of drug-likeness (QED) is 0.313. The molecule has 10 nitrogen and oxygen atoms in total. The lowest BCUT2D eigenvalue weighted by molar-refractivity contribution is 0.776. The molecule has 34 heavy (non-hydrogen) atoms. The van der Waals surface area contributed by atoms with Crippen LogP contribution < -0.4 is 15.6 Å². The number of rotatable bonds is 6. The molecule has 0 saturated carbocycles. The van der Waals surface area contributed by atoms with Crippen molar-refractivity contribution in [3.63, 3.8) is 0 Å². The van der Waals surface area contributed by atoms with E-state index in [0.29, 0.717) is 10.3 Å². The highest BCUT2D eigenvalue weighted by molar-refractivity contribution is 9.10. The van der Waals surface area contributed by atoms with Crippen LogP contribution in [0.3, 0.4) is 0 Å². The Morgan fingerprint density at radius 2 is 1.06 bits per heavy atom. The van der Waals surface area contributed by atoms with Crippen LogP contribution in [0.15, 0.2) is 29.3 Å². The van der Waals surface area contributed by atoms with E-state index in [1.54, 1.807) is 0 Å². The van der Waals surface area contributed by atoms with Gasteiger partial charge in [0.1, 0.15) is 10.1 Å². The van der Waals surface area contributed by atoms with Crippen molar-refractivity contribution in [2.24, 2.45) is 0 Å². The molecule has 5 heterocycles. The van der Waals surface area contributed by atoms with Crippen LogP contribution in [-0.4, -0.2) is 61.0 Å². The summed E-state index contributed by atoms with van der Waals surface area (Å²) in [6.07, 6.45) is 4.65. The molecule has 2 saturated heterocycles. The van der Waals surface area contributed by atoms with E-state index in [1.807, 2.05) is 13.8 Å². The summed E-state index contributed by atoms with van der Waals surface area (Å²) >= 11 is 9.98. The van der Waals surface area contributed by atoms with E-state index in [0.717, 1.165) is 94.1 Å². The molecule has 2 N–H and O–H groups in total. The minimum absolute atomic E-state index is 0.537. The van der Waals surface area contributed by atoms with Crippen LogP contribution in [0.1, 0.15) is 37.1 Å². The summed E-state index contributed by atoms with van der Waals surface area (Å²) in [4.78, 5) is 23.3. The first-order chi connectivity index (χ1) is 16.4. The van der Waals surface area contributed by atoms with Gasteiger partial charge in [0, 0.05) is 26.2 Å². The van der Waals surface area contributed by atoms with Crippen LogP contribution in [0, 0.1) is 13.8 Å². The maximum Gasteiger partial charge on any atom is 0.226 e. The van der Waals surface area contributed by atoms with E-state index in [4.69, 9.17) is 15.8 Å². The molecule has 0 unspecified atom stereocenters. The van der Waals surface area contributed by atoms with Crippen molar-refractivity contribution in [1.29, 1.82) is 0 Å². The number of anilines is 2. The molecule has 0 amide bonds. The van der Waals surface area contributed by atoms with Crippen LogP contribution in [0.5, 0.6) is 0 Å². The van der Waals surface area contributed by atoms with Crippen molar-refractivity contribution in [3.05, 3.63) is 20.3 Å². The van der Waals surface area contributed by atoms with Gasteiger partial charge in [0.25, 0.3) is 0 Å². The van der Waals surface area contributed by atoms with Gasteiger partial charge >= 0.3 is 0 Å². The van der Waals surface area contributed by atoms with Crippen LogP contribution >= 0.6 is 55.4 Å². The van der Waals surface area contributed by atoms with Gasteiger partial charge in [0.05, 0.1) is 20.3 Å². The number of aromatic nitrogens is 7. The third kappa shape index (κ3) is 4.86. The summed E-state index contributed by atoms with van der Waals surface area (Å²) in [5.41, 5.74) is 1.76. The molecule has 3 aromatic rings. The van der Waals surface area contributed by atoms with E-state index in [1.165, 1.54) is 28.2 Å². The van der Waals surface area contributed by atoms with Crippen molar-refractivity contribution < 1.29 is 0 Å². The van der Waals surface area contributed by atoms with Gasteiger partial charge in [-0.3, -0.25) is 0 Å². The molecule has 0 aliphatic carbocycles. The minimum atomic E-state index is 0.537. The molecular weight excluding hydrogens is 604 g/mol. The molecule has 3 aromatic heterocycles. The Morgan fingerprint density at radius 3 is 1.44 bits per heavy atom. The van der Waals surface area contributed by atoms with Crippen molar-refractivity contribution in [2.75, 3.05) is 41.8 Å². The summed E-state index contributed by atoms with van der Waals surface area (Å²) in [5.74, 6) is 7.89. The first kappa shape index (κ1) is 24.1. The largest absolute Gasteiger partial charge is 0.341 e. The smallest absolute Gasteiger partial charge is 0.226 e.